The van der Waals surface area contributed by atoms with E-state index in [1.165, 1.54) is 0 Å². The molecule has 0 saturated heterocycles. The number of hydrogen-bond acceptors (Lipinski definition) is 2. The molecule has 0 radical (unpaired) electrons. The molecular weight excluding hydrogens is 291 g/mol. The predicted octanol–water partition coefficient (Wildman–Crippen LogP) is 4.17. The second-order valence-electron chi connectivity index (χ2n) is 3.48. The monoisotopic (exact) mass is 294 g/mol. The quantitative estimate of drug-likeness (QED) is 0.664. The highest BCUT2D eigenvalue weighted by molar-refractivity contribution is 6.30. The van der Waals surface area contributed by atoms with Gasteiger partial charge in [0, 0.05) is 10.7 Å². The third kappa shape index (κ3) is 2.76. The van der Waals surface area contributed by atoms with Gasteiger partial charge >= 0.3 is 0 Å². The van der Waals surface area contributed by atoms with Crippen LogP contribution in [0.5, 0.6) is 0 Å². The maximum absolute atomic E-state index is 13.3. The summed E-state index contributed by atoms with van der Waals surface area (Å²) in [7, 11) is 0. The zero-order valence-corrected chi connectivity index (χ0v) is 9.70. The van der Waals surface area contributed by atoms with Crippen LogP contribution < -0.4 is 5.32 Å². The zero-order chi connectivity index (χ0) is 14.2. The van der Waals surface area contributed by atoms with Gasteiger partial charge in [-0.05, 0) is 18.2 Å². The lowest BCUT2D eigenvalue weighted by Gasteiger charge is -2.09. The summed E-state index contributed by atoms with van der Waals surface area (Å²) in [5, 5.41) is 1.95. The molecule has 8 heteroatoms. The van der Waals surface area contributed by atoms with Crippen LogP contribution in [0, 0.1) is 29.3 Å². The van der Waals surface area contributed by atoms with E-state index in [1.54, 1.807) is 0 Å². The lowest BCUT2D eigenvalue weighted by molar-refractivity contribution is 0.411. The van der Waals surface area contributed by atoms with Gasteiger partial charge in [-0.1, -0.05) is 11.6 Å². The highest BCUT2D eigenvalue weighted by Crippen LogP contribution is 2.27. The maximum atomic E-state index is 13.3. The summed E-state index contributed by atoms with van der Waals surface area (Å²) in [5.41, 5.74) is -1.29. The molecule has 0 aliphatic carbocycles. The standard InChI is InChI=1S/C11H4ClF5N2/c12-4-1-5(13)3-6(2-4)18-9-7(14)10(16)19-11(17)8(9)15/h1-3H,(H,18,19). The molecule has 0 amide bonds. The first-order valence-electron chi connectivity index (χ1n) is 4.81. The fraction of sp³-hybridized carbons (Fsp3) is 0. The van der Waals surface area contributed by atoms with Crippen LogP contribution in [0.4, 0.5) is 33.3 Å². The van der Waals surface area contributed by atoms with Gasteiger partial charge in [0.05, 0.1) is 0 Å². The number of anilines is 2. The van der Waals surface area contributed by atoms with Crippen molar-refractivity contribution in [3.05, 3.63) is 52.6 Å². The summed E-state index contributed by atoms with van der Waals surface area (Å²) in [6.07, 6.45) is 0. The maximum Gasteiger partial charge on any atom is 0.253 e. The second kappa shape index (κ2) is 5.00. The van der Waals surface area contributed by atoms with Crippen LogP contribution >= 0.6 is 11.6 Å². The van der Waals surface area contributed by atoms with Crippen LogP contribution in [0.15, 0.2) is 18.2 Å². The highest BCUT2D eigenvalue weighted by Gasteiger charge is 2.21. The van der Waals surface area contributed by atoms with Crippen LogP contribution in [0.3, 0.4) is 0 Å². The fourth-order valence-corrected chi connectivity index (χ4v) is 1.59. The average molecular weight is 295 g/mol. The Labute approximate surface area is 108 Å². The third-order valence-electron chi connectivity index (χ3n) is 2.13. The Bertz CT molecular complexity index is 601. The number of pyridine rings is 1. The summed E-state index contributed by atoms with van der Waals surface area (Å²) in [6.45, 7) is 0. The highest BCUT2D eigenvalue weighted by atomic mass is 35.5. The summed E-state index contributed by atoms with van der Waals surface area (Å²) >= 11 is 5.53. The fourth-order valence-electron chi connectivity index (χ4n) is 1.37. The number of nitrogens with zero attached hydrogens (tertiary/aromatic N) is 1. The largest absolute Gasteiger partial charge is 0.350 e. The van der Waals surface area contributed by atoms with Crippen molar-refractivity contribution in [3.8, 4) is 0 Å². The molecule has 0 atom stereocenters. The van der Waals surface area contributed by atoms with E-state index in [9.17, 15) is 22.0 Å². The van der Waals surface area contributed by atoms with Crippen molar-refractivity contribution in [2.75, 3.05) is 5.32 Å². The van der Waals surface area contributed by atoms with Crippen molar-refractivity contribution in [1.29, 1.82) is 0 Å². The zero-order valence-electron chi connectivity index (χ0n) is 8.95. The predicted molar refractivity (Wildman–Crippen MR) is 58.8 cm³/mol. The number of benzene rings is 1. The van der Waals surface area contributed by atoms with Gasteiger partial charge in [-0.25, -0.2) is 4.39 Å². The minimum Gasteiger partial charge on any atom is -0.350 e. The molecule has 0 aliphatic heterocycles. The van der Waals surface area contributed by atoms with Crippen LogP contribution in [0.25, 0.3) is 0 Å². The molecule has 1 N–H and O–H groups in total. The molecule has 100 valence electrons. The number of hydrogen-bond donors (Lipinski definition) is 1. The summed E-state index contributed by atoms with van der Waals surface area (Å²) in [4.78, 5) is 2.39. The van der Waals surface area contributed by atoms with Gasteiger partial charge < -0.3 is 5.32 Å². The van der Waals surface area contributed by atoms with Crippen LogP contribution in [-0.2, 0) is 0 Å². The molecule has 0 fully saturated rings. The summed E-state index contributed by atoms with van der Waals surface area (Å²) < 4.78 is 65.3. The van der Waals surface area contributed by atoms with Gasteiger partial charge in [-0.15, -0.1) is 0 Å². The summed E-state index contributed by atoms with van der Waals surface area (Å²) in [5.74, 6) is -7.86. The van der Waals surface area contributed by atoms with Crippen LogP contribution in [0.2, 0.25) is 5.02 Å². The van der Waals surface area contributed by atoms with E-state index in [0.717, 1.165) is 18.2 Å². The van der Waals surface area contributed by atoms with Crippen molar-refractivity contribution in [2.24, 2.45) is 0 Å². The van der Waals surface area contributed by atoms with Gasteiger partial charge in [0.2, 0.25) is 11.6 Å². The molecule has 2 rings (SSSR count). The van der Waals surface area contributed by atoms with E-state index >= 15 is 0 Å². The van der Waals surface area contributed by atoms with Crippen molar-refractivity contribution in [2.45, 2.75) is 0 Å². The molecule has 0 bridgehead atoms. The van der Waals surface area contributed by atoms with Gasteiger partial charge in [0.15, 0.2) is 0 Å². The molecule has 2 nitrogen and oxygen atoms in total. The lowest BCUT2D eigenvalue weighted by atomic mass is 10.2. The van der Waals surface area contributed by atoms with Crippen LogP contribution in [0.1, 0.15) is 0 Å². The van der Waals surface area contributed by atoms with Crippen molar-refractivity contribution in [1.82, 2.24) is 4.98 Å². The first-order valence-corrected chi connectivity index (χ1v) is 5.19. The van der Waals surface area contributed by atoms with E-state index in [2.05, 4.69) is 4.98 Å². The smallest absolute Gasteiger partial charge is 0.253 e. The number of aromatic nitrogens is 1. The second-order valence-corrected chi connectivity index (χ2v) is 3.92. The Morgan fingerprint density at radius 3 is 2.00 bits per heavy atom. The normalized spacial score (nSPS) is 10.6. The Morgan fingerprint density at radius 1 is 0.895 bits per heavy atom. The van der Waals surface area contributed by atoms with Crippen molar-refractivity contribution in [3.63, 3.8) is 0 Å². The molecule has 1 aromatic heterocycles. The van der Waals surface area contributed by atoms with E-state index < -0.39 is 35.0 Å². The first kappa shape index (κ1) is 13.5. The molecule has 0 unspecified atom stereocenters. The van der Waals surface area contributed by atoms with E-state index in [-0.39, 0.29) is 10.7 Å². The van der Waals surface area contributed by atoms with Gasteiger partial charge in [-0.2, -0.15) is 22.5 Å². The topological polar surface area (TPSA) is 24.9 Å². The number of rotatable bonds is 2. The Balaban J connectivity index is 2.49. The van der Waals surface area contributed by atoms with Crippen LogP contribution in [-0.4, -0.2) is 4.98 Å². The van der Waals surface area contributed by atoms with Gasteiger partial charge in [-0.3, -0.25) is 0 Å². The minimum absolute atomic E-state index is 0.0571. The average Bonchev–Trinajstić information content (AvgIpc) is 2.31. The summed E-state index contributed by atoms with van der Waals surface area (Å²) in [6, 6.07) is 2.92. The Kier molecular flexibility index (Phi) is 3.57. The molecule has 1 aromatic carbocycles. The molecule has 2 aromatic rings. The molecule has 0 spiro atoms. The number of halogens is 6. The molecule has 0 aliphatic rings. The van der Waals surface area contributed by atoms with E-state index in [4.69, 9.17) is 11.6 Å². The third-order valence-corrected chi connectivity index (χ3v) is 2.35. The van der Waals surface area contributed by atoms with Gasteiger partial charge in [0.1, 0.15) is 11.5 Å². The number of nitrogens with one attached hydrogen (secondary N) is 1. The van der Waals surface area contributed by atoms with E-state index in [1.807, 2.05) is 5.32 Å². The van der Waals surface area contributed by atoms with Gasteiger partial charge in [0.25, 0.3) is 11.9 Å². The molecule has 1 heterocycles. The van der Waals surface area contributed by atoms with E-state index in [0.29, 0.717) is 0 Å². The van der Waals surface area contributed by atoms with Crippen molar-refractivity contribution < 1.29 is 22.0 Å². The molecule has 0 saturated carbocycles. The molecule has 19 heavy (non-hydrogen) atoms. The SMILES string of the molecule is Fc1cc(Cl)cc(Nc2c(F)c(F)nc(F)c2F)c1. The Morgan fingerprint density at radius 2 is 1.47 bits per heavy atom. The lowest BCUT2D eigenvalue weighted by Crippen LogP contribution is -2.06. The Hall–Kier alpha value is -1.89. The minimum atomic E-state index is -1.82. The van der Waals surface area contributed by atoms with Crippen molar-refractivity contribution >= 4 is 23.0 Å². The first-order chi connectivity index (χ1) is 8.88. The molecular formula is C11H4ClF5N2.